The molecule has 2 aromatic rings. The first-order chi connectivity index (χ1) is 9.92. The lowest BCUT2D eigenvalue weighted by atomic mass is 10.2. The Morgan fingerprint density at radius 2 is 1.90 bits per heavy atom. The Morgan fingerprint density at radius 1 is 1.24 bits per heavy atom. The van der Waals surface area contributed by atoms with Gasteiger partial charge in [0.05, 0.1) is 22.4 Å². The van der Waals surface area contributed by atoms with Crippen molar-refractivity contribution < 1.29 is 18.3 Å². The van der Waals surface area contributed by atoms with Gasteiger partial charge in [-0.05, 0) is 30.3 Å². The largest absolute Gasteiger partial charge is 0.506 e. The first-order valence-corrected chi connectivity index (χ1v) is 7.86. The van der Waals surface area contributed by atoms with E-state index in [0.717, 1.165) is 0 Å². The van der Waals surface area contributed by atoms with Gasteiger partial charge in [0.15, 0.2) is 9.84 Å². The highest BCUT2D eigenvalue weighted by molar-refractivity contribution is 7.91. The van der Waals surface area contributed by atoms with Crippen molar-refractivity contribution in [2.45, 2.75) is 11.8 Å². The maximum Gasteiger partial charge on any atom is 0.257 e. The Labute approximate surface area is 122 Å². The lowest BCUT2D eigenvalue weighted by Gasteiger charge is -2.06. The summed E-state index contributed by atoms with van der Waals surface area (Å²) in [5, 5.41) is 11.9. The van der Waals surface area contributed by atoms with Crippen LogP contribution in [0, 0.1) is 0 Å². The number of hydrogen-bond donors (Lipinski definition) is 2. The Hall–Kier alpha value is -2.41. The summed E-state index contributed by atoms with van der Waals surface area (Å²) in [7, 11) is -3.26. The van der Waals surface area contributed by atoms with E-state index < -0.39 is 15.7 Å². The zero-order valence-corrected chi connectivity index (χ0v) is 12.1. The van der Waals surface area contributed by atoms with E-state index in [9.17, 15) is 18.3 Å². The van der Waals surface area contributed by atoms with E-state index in [1.54, 1.807) is 6.92 Å². The maximum absolute atomic E-state index is 11.9. The van der Waals surface area contributed by atoms with E-state index in [1.165, 1.54) is 42.7 Å². The Kier molecular flexibility index (Phi) is 4.23. The van der Waals surface area contributed by atoms with Gasteiger partial charge in [-0.1, -0.05) is 6.92 Å². The molecule has 0 unspecified atom stereocenters. The average molecular weight is 306 g/mol. The normalized spacial score (nSPS) is 11.1. The number of carbonyl (C=O) groups excluding carboxylic acids is 1. The molecular weight excluding hydrogens is 292 g/mol. The molecular formula is C14H14N2O4S. The van der Waals surface area contributed by atoms with Gasteiger partial charge in [0.25, 0.3) is 5.91 Å². The molecule has 1 amide bonds. The summed E-state index contributed by atoms with van der Waals surface area (Å²) in [6.45, 7) is 1.57. The van der Waals surface area contributed by atoms with Gasteiger partial charge in [0.1, 0.15) is 5.75 Å². The molecule has 6 nitrogen and oxygen atoms in total. The van der Waals surface area contributed by atoms with Crippen molar-refractivity contribution in [3.8, 4) is 5.75 Å². The predicted octanol–water partition coefficient (Wildman–Crippen LogP) is 1.83. The van der Waals surface area contributed by atoms with Gasteiger partial charge >= 0.3 is 0 Å². The van der Waals surface area contributed by atoms with Crippen LogP contribution in [-0.4, -0.2) is 30.2 Å². The molecule has 1 heterocycles. The number of sulfone groups is 1. The molecule has 0 fully saturated rings. The van der Waals surface area contributed by atoms with E-state index in [0.29, 0.717) is 5.69 Å². The number of hydrogen-bond acceptors (Lipinski definition) is 5. The third-order valence-electron chi connectivity index (χ3n) is 2.84. The van der Waals surface area contributed by atoms with Crippen molar-refractivity contribution >= 4 is 21.4 Å². The Morgan fingerprint density at radius 3 is 2.48 bits per heavy atom. The summed E-state index contributed by atoms with van der Waals surface area (Å²) in [6.07, 6.45) is 2.55. The van der Waals surface area contributed by atoms with E-state index >= 15 is 0 Å². The molecule has 0 aliphatic rings. The van der Waals surface area contributed by atoms with Crippen LogP contribution in [0.4, 0.5) is 5.69 Å². The molecule has 0 aliphatic carbocycles. The van der Waals surface area contributed by atoms with Crippen LogP contribution in [0.3, 0.4) is 0 Å². The molecule has 2 rings (SSSR count). The minimum atomic E-state index is -3.26. The third-order valence-corrected chi connectivity index (χ3v) is 4.59. The predicted molar refractivity (Wildman–Crippen MR) is 78.0 cm³/mol. The molecule has 7 heteroatoms. The number of nitrogens with zero attached hydrogens (tertiary/aromatic N) is 1. The number of anilines is 1. The van der Waals surface area contributed by atoms with E-state index in [1.807, 2.05) is 0 Å². The van der Waals surface area contributed by atoms with Gasteiger partial charge in [-0.2, -0.15) is 0 Å². The zero-order valence-electron chi connectivity index (χ0n) is 11.3. The second-order valence-corrected chi connectivity index (χ2v) is 6.59. The number of rotatable bonds is 4. The second kappa shape index (κ2) is 5.92. The number of carbonyl (C=O) groups is 1. The lowest BCUT2D eigenvalue weighted by Crippen LogP contribution is -2.12. The molecule has 0 saturated carbocycles. The number of pyridine rings is 1. The molecule has 0 aliphatic heterocycles. The van der Waals surface area contributed by atoms with Crippen LogP contribution in [-0.2, 0) is 9.84 Å². The molecule has 0 spiro atoms. The topological polar surface area (TPSA) is 96.4 Å². The SMILES string of the molecule is CCS(=O)(=O)c1ccc(NC(=O)c2cncc(O)c2)cc1. The molecule has 2 N–H and O–H groups in total. The fourth-order valence-electron chi connectivity index (χ4n) is 1.67. The highest BCUT2D eigenvalue weighted by Gasteiger charge is 2.12. The van der Waals surface area contributed by atoms with Crippen molar-refractivity contribution in [2.75, 3.05) is 11.1 Å². The van der Waals surface area contributed by atoms with Gasteiger partial charge in [-0.15, -0.1) is 0 Å². The number of benzene rings is 1. The first kappa shape index (κ1) is 15.0. The quantitative estimate of drug-likeness (QED) is 0.898. The van der Waals surface area contributed by atoms with Crippen LogP contribution in [0.15, 0.2) is 47.6 Å². The second-order valence-electron chi connectivity index (χ2n) is 4.31. The zero-order chi connectivity index (χ0) is 15.5. The summed E-state index contributed by atoms with van der Waals surface area (Å²) in [5.74, 6) is -0.523. The number of aromatic nitrogens is 1. The van der Waals surface area contributed by atoms with Crippen LogP contribution in [0.25, 0.3) is 0 Å². The monoisotopic (exact) mass is 306 g/mol. The van der Waals surface area contributed by atoms with Gasteiger partial charge in [-0.3, -0.25) is 9.78 Å². The molecule has 0 saturated heterocycles. The van der Waals surface area contributed by atoms with Crippen molar-refractivity contribution in [2.24, 2.45) is 0 Å². The third kappa shape index (κ3) is 3.57. The van der Waals surface area contributed by atoms with Crippen LogP contribution in [0.1, 0.15) is 17.3 Å². The van der Waals surface area contributed by atoms with E-state index in [4.69, 9.17) is 0 Å². The summed E-state index contributed by atoms with van der Waals surface area (Å²) in [6, 6.07) is 7.19. The lowest BCUT2D eigenvalue weighted by molar-refractivity contribution is 0.102. The van der Waals surface area contributed by atoms with Gasteiger partial charge in [0, 0.05) is 11.9 Å². The fraction of sp³-hybridized carbons (Fsp3) is 0.143. The number of nitrogens with one attached hydrogen (secondary N) is 1. The van der Waals surface area contributed by atoms with Crippen molar-refractivity contribution in [1.82, 2.24) is 4.98 Å². The van der Waals surface area contributed by atoms with Crippen molar-refractivity contribution in [1.29, 1.82) is 0 Å². The van der Waals surface area contributed by atoms with Crippen molar-refractivity contribution in [3.05, 3.63) is 48.3 Å². The molecule has 0 bridgehead atoms. The van der Waals surface area contributed by atoms with Crippen LogP contribution in [0.5, 0.6) is 5.75 Å². The van der Waals surface area contributed by atoms with Crippen LogP contribution >= 0.6 is 0 Å². The van der Waals surface area contributed by atoms with Crippen molar-refractivity contribution in [3.63, 3.8) is 0 Å². The molecule has 0 radical (unpaired) electrons. The summed E-state index contributed by atoms with van der Waals surface area (Å²) in [5.41, 5.74) is 0.665. The molecule has 0 atom stereocenters. The minimum Gasteiger partial charge on any atom is -0.506 e. The highest BCUT2D eigenvalue weighted by Crippen LogP contribution is 2.16. The minimum absolute atomic E-state index is 0.0215. The average Bonchev–Trinajstić information content (AvgIpc) is 2.48. The maximum atomic E-state index is 11.9. The Balaban J connectivity index is 2.16. The van der Waals surface area contributed by atoms with Crippen LogP contribution < -0.4 is 5.32 Å². The van der Waals surface area contributed by atoms with Crippen LogP contribution in [0.2, 0.25) is 0 Å². The summed E-state index contributed by atoms with van der Waals surface area (Å²) >= 11 is 0. The molecule has 110 valence electrons. The summed E-state index contributed by atoms with van der Waals surface area (Å²) < 4.78 is 23.3. The van der Waals surface area contributed by atoms with E-state index in [-0.39, 0.29) is 22.0 Å². The Bertz CT molecular complexity index is 755. The van der Waals surface area contributed by atoms with Gasteiger partial charge in [-0.25, -0.2) is 8.42 Å². The fourth-order valence-corrected chi connectivity index (χ4v) is 2.55. The summed E-state index contributed by atoms with van der Waals surface area (Å²) in [4.78, 5) is 15.8. The van der Waals surface area contributed by atoms with Gasteiger partial charge < -0.3 is 10.4 Å². The highest BCUT2D eigenvalue weighted by atomic mass is 32.2. The molecule has 21 heavy (non-hydrogen) atoms. The first-order valence-electron chi connectivity index (χ1n) is 6.20. The van der Waals surface area contributed by atoms with Gasteiger partial charge in [0.2, 0.25) is 0 Å². The molecule has 1 aromatic carbocycles. The standard InChI is InChI=1S/C14H14N2O4S/c1-2-21(19,20)13-5-3-11(4-6-13)16-14(18)10-7-12(17)9-15-8-10/h3-9,17H,2H2,1H3,(H,16,18). The number of aromatic hydroxyl groups is 1. The molecule has 1 aromatic heterocycles. The van der Waals surface area contributed by atoms with E-state index in [2.05, 4.69) is 10.3 Å². The number of amides is 1. The smallest absolute Gasteiger partial charge is 0.257 e.